The van der Waals surface area contributed by atoms with Crippen molar-refractivity contribution < 1.29 is 22.7 Å². The minimum Gasteiger partial charge on any atom is -0.443 e. The molecule has 2 rings (SSSR count). The van der Waals surface area contributed by atoms with Crippen molar-refractivity contribution >= 4 is 21.9 Å². The molecule has 6 nitrogen and oxygen atoms in total. The lowest BCUT2D eigenvalue weighted by molar-refractivity contribution is -0.145. The fourth-order valence-electron chi connectivity index (χ4n) is 2.08. The summed E-state index contributed by atoms with van der Waals surface area (Å²) in [6.45, 7) is 1.44. The van der Waals surface area contributed by atoms with Crippen molar-refractivity contribution in [3.63, 3.8) is 0 Å². The van der Waals surface area contributed by atoms with Gasteiger partial charge in [0.25, 0.3) is 15.9 Å². The Balaban J connectivity index is 2.03. The van der Waals surface area contributed by atoms with Gasteiger partial charge in [0.1, 0.15) is 4.90 Å². The van der Waals surface area contributed by atoms with E-state index < -0.39 is 28.6 Å². The van der Waals surface area contributed by atoms with Crippen molar-refractivity contribution in [1.82, 2.24) is 4.31 Å². The Kier molecular flexibility index (Phi) is 4.62. The fourth-order valence-corrected chi connectivity index (χ4v) is 3.51. The third-order valence-electron chi connectivity index (χ3n) is 3.24. The molecule has 0 spiro atoms. The summed E-state index contributed by atoms with van der Waals surface area (Å²) in [4.78, 5) is 23.5. The van der Waals surface area contributed by atoms with Gasteiger partial charge in [-0.3, -0.25) is 9.59 Å². The average molecular weight is 311 g/mol. The molecule has 1 aromatic carbocycles. The standard InChI is InChI=1S/C14H17NO5S/c1-2-3-4-9-13(16)20-10-15-14(17)11-7-5-6-8-12(11)21(15,18)19/h5-8H,2-4,9-10H2,1H3. The minimum atomic E-state index is -3.91. The number of unbranched alkanes of at least 4 members (excludes halogenated alkanes) is 2. The Labute approximate surface area is 123 Å². The normalized spacial score (nSPS) is 15.9. The Hall–Kier alpha value is -1.89. The molecule has 114 valence electrons. The number of rotatable bonds is 6. The molecule has 0 aliphatic carbocycles. The first-order valence-corrected chi connectivity index (χ1v) is 8.24. The molecule has 0 bridgehead atoms. The van der Waals surface area contributed by atoms with Crippen LogP contribution in [-0.2, 0) is 19.6 Å². The molecule has 7 heteroatoms. The fraction of sp³-hybridized carbons (Fsp3) is 0.429. The van der Waals surface area contributed by atoms with Crippen LogP contribution in [0, 0.1) is 0 Å². The van der Waals surface area contributed by atoms with Crippen LogP contribution in [0.25, 0.3) is 0 Å². The molecule has 1 heterocycles. The number of esters is 1. The van der Waals surface area contributed by atoms with Crippen molar-refractivity contribution in [3.05, 3.63) is 29.8 Å². The highest BCUT2D eigenvalue weighted by Gasteiger charge is 2.41. The highest BCUT2D eigenvalue weighted by atomic mass is 32.2. The van der Waals surface area contributed by atoms with Gasteiger partial charge in [0.15, 0.2) is 6.73 Å². The summed E-state index contributed by atoms with van der Waals surface area (Å²) in [6, 6.07) is 5.94. The highest BCUT2D eigenvalue weighted by Crippen LogP contribution is 2.29. The van der Waals surface area contributed by atoms with Crippen LogP contribution < -0.4 is 0 Å². The molecule has 1 aliphatic heterocycles. The average Bonchev–Trinajstić information content (AvgIpc) is 2.65. The van der Waals surface area contributed by atoms with Crippen LogP contribution in [0.3, 0.4) is 0 Å². The zero-order valence-corrected chi connectivity index (χ0v) is 12.6. The number of ether oxygens (including phenoxy) is 1. The van der Waals surface area contributed by atoms with E-state index in [0.29, 0.717) is 10.7 Å². The largest absolute Gasteiger partial charge is 0.443 e. The maximum atomic E-state index is 12.2. The van der Waals surface area contributed by atoms with Crippen LogP contribution in [0.4, 0.5) is 0 Å². The van der Waals surface area contributed by atoms with E-state index in [1.54, 1.807) is 12.1 Å². The van der Waals surface area contributed by atoms with Crippen molar-refractivity contribution in [3.8, 4) is 0 Å². The Morgan fingerprint density at radius 1 is 1.24 bits per heavy atom. The molecule has 1 amide bonds. The number of amides is 1. The SMILES string of the molecule is CCCCCC(=O)OCN1C(=O)c2ccccc2S1(=O)=O. The van der Waals surface area contributed by atoms with E-state index in [1.165, 1.54) is 12.1 Å². The zero-order chi connectivity index (χ0) is 15.5. The smallest absolute Gasteiger partial charge is 0.307 e. The van der Waals surface area contributed by atoms with E-state index >= 15 is 0 Å². The minimum absolute atomic E-state index is 0.0444. The van der Waals surface area contributed by atoms with Crippen molar-refractivity contribution in [2.75, 3.05) is 6.73 Å². The molecular weight excluding hydrogens is 294 g/mol. The van der Waals surface area contributed by atoms with Gasteiger partial charge in [0.05, 0.1) is 5.56 Å². The van der Waals surface area contributed by atoms with Crippen LogP contribution >= 0.6 is 0 Å². The summed E-state index contributed by atoms with van der Waals surface area (Å²) in [5.41, 5.74) is 0.111. The molecule has 0 saturated heterocycles. The second-order valence-electron chi connectivity index (χ2n) is 4.76. The first kappa shape index (κ1) is 15.5. The zero-order valence-electron chi connectivity index (χ0n) is 11.7. The summed E-state index contributed by atoms with van der Waals surface area (Å²) in [5, 5.41) is 0. The molecule has 0 aromatic heterocycles. The number of nitrogens with zero attached hydrogens (tertiary/aromatic N) is 1. The van der Waals surface area contributed by atoms with Gasteiger partial charge in [0.2, 0.25) is 0 Å². The second-order valence-corrected chi connectivity index (χ2v) is 6.59. The van der Waals surface area contributed by atoms with Gasteiger partial charge >= 0.3 is 5.97 Å². The maximum Gasteiger partial charge on any atom is 0.307 e. The van der Waals surface area contributed by atoms with Gasteiger partial charge in [-0.15, -0.1) is 0 Å². The first-order chi connectivity index (χ1) is 9.98. The van der Waals surface area contributed by atoms with Crippen LogP contribution in [0.15, 0.2) is 29.2 Å². The quantitative estimate of drug-likeness (QED) is 0.592. The van der Waals surface area contributed by atoms with Gasteiger partial charge in [-0.1, -0.05) is 31.9 Å². The molecule has 0 N–H and O–H groups in total. The number of benzene rings is 1. The number of fused-ring (bicyclic) bond motifs is 1. The first-order valence-electron chi connectivity index (χ1n) is 6.80. The Morgan fingerprint density at radius 3 is 2.62 bits per heavy atom. The van der Waals surface area contributed by atoms with Gasteiger partial charge in [0, 0.05) is 6.42 Å². The van der Waals surface area contributed by atoms with E-state index in [0.717, 1.165) is 12.8 Å². The summed E-state index contributed by atoms with van der Waals surface area (Å²) in [6.07, 6.45) is 2.79. The predicted molar refractivity (Wildman–Crippen MR) is 74.9 cm³/mol. The summed E-state index contributed by atoms with van der Waals surface area (Å²) >= 11 is 0. The lowest BCUT2D eigenvalue weighted by Crippen LogP contribution is -2.33. The predicted octanol–water partition coefficient (Wildman–Crippen LogP) is 1.91. The molecule has 0 unspecified atom stereocenters. The highest BCUT2D eigenvalue weighted by molar-refractivity contribution is 7.90. The molecule has 21 heavy (non-hydrogen) atoms. The molecule has 0 radical (unpaired) electrons. The van der Waals surface area contributed by atoms with Crippen LogP contribution in [0.2, 0.25) is 0 Å². The maximum absolute atomic E-state index is 12.2. The third kappa shape index (κ3) is 3.07. The van der Waals surface area contributed by atoms with Crippen molar-refractivity contribution in [2.45, 2.75) is 37.5 Å². The van der Waals surface area contributed by atoms with Crippen LogP contribution in [0.1, 0.15) is 43.0 Å². The van der Waals surface area contributed by atoms with Gasteiger partial charge in [-0.2, -0.15) is 4.31 Å². The molecule has 0 fully saturated rings. The number of carbonyl (C=O) groups excluding carboxylic acids is 2. The second kappa shape index (κ2) is 6.26. The lowest BCUT2D eigenvalue weighted by atomic mass is 10.2. The molecule has 0 saturated carbocycles. The van der Waals surface area contributed by atoms with E-state index in [1.807, 2.05) is 6.92 Å². The van der Waals surface area contributed by atoms with Crippen molar-refractivity contribution in [1.29, 1.82) is 0 Å². The number of hydrogen-bond acceptors (Lipinski definition) is 5. The Morgan fingerprint density at radius 2 is 1.95 bits per heavy atom. The number of hydrogen-bond donors (Lipinski definition) is 0. The van der Waals surface area contributed by atoms with E-state index in [4.69, 9.17) is 4.74 Å². The summed E-state index contributed by atoms with van der Waals surface area (Å²) in [5.74, 6) is -1.16. The topological polar surface area (TPSA) is 80.8 Å². The number of sulfonamides is 1. The molecule has 1 aromatic rings. The van der Waals surface area contributed by atoms with Crippen LogP contribution in [-0.4, -0.2) is 31.3 Å². The van der Waals surface area contributed by atoms with Crippen molar-refractivity contribution in [2.24, 2.45) is 0 Å². The van der Waals surface area contributed by atoms with Gasteiger partial charge in [-0.25, -0.2) is 8.42 Å². The monoisotopic (exact) mass is 311 g/mol. The summed E-state index contributed by atoms with van der Waals surface area (Å²) < 4.78 is 29.9. The van der Waals surface area contributed by atoms with Crippen LogP contribution in [0.5, 0.6) is 0 Å². The molecule has 0 atom stereocenters. The van der Waals surface area contributed by atoms with Gasteiger partial charge < -0.3 is 4.74 Å². The lowest BCUT2D eigenvalue weighted by Gasteiger charge is -2.14. The number of carbonyl (C=O) groups is 2. The van der Waals surface area contributed by atoms with Gasteiger partial charge in [-0.05, 0) is 18.6 Å². The van der Waals surface area contributed by atoms with E-state index in [2.05, 4.69) is 0 Å². The Bertz CT molecular complexity index is 653. The third-order valence-corrected chi connectivity index (χ3v) is 5.00. The summed E-state index contributed by atoms with van der Waals surface area (Å²) in [7, 11) is -3.91. The molecular formula is C14H17NO5S. The van der Waals surface area contributed by atoms with E-state index in [-0.39, 0.29) is 16.9 Å². The van der Waals surface area contributed by atoms with E-state index in [9.17, 15) is 18.0 Å². The molecule has 1 aliphatic rings.